The van der Waals surface area contributed by atoms with Gasteiger partial charge >= 0.3 is 0 Å². The number of aromatic nitrogens is 2. The molecule has 104 valence electrons. The Labute approximate surface area is 115 Å². The molecule has 1 aromatic heterocycles. The third-order valence-electron chi connectivity index (χ3n) is 4.16. The van der Waals surface area contributed by atoms with Crippen LogP contribution in [-0.2, 0) is 11.8 Å². The Hall–Kier alpha value is -2.08. The van der Waals surface area contributed by atoms with Gasteiger partial charge in [-0.2, -0.15) is 0 Å². The summed E-state index contributed by atoms with van der Waals surface area (Å²) in [6.07, 6.45) is 3.02. The van der Waals surface area contributed by atoms with Crippen LogP contribution >= 0.6 is 0 Å². The molecule has 5 rings (SSSR count). The first-order valence-electron chi connectivity index (χ1n) is 6.71. The number of hydrogen-bond donors (Lipinski definition) is 1. The fraction of sp³-hybridized carbons (Fsp3) is 0.429. The summed E-state index contributed by atoms with van der Waals surface area (Å²) in [6.45, 7) is 1.68. The van der Waals surface area contributed by atoms with Gasteiger partial charge in [-0.25, -0.2) is 4.98 Å². The Morgan fingerprint density at radius 1 is 1.35 bits per heavy atom. The molecule has 3 aliphatic heterocycles. The summed E-state index contributed by atoms with van der Waals surface area (Å²) in [7, 11) is 1.63. The number of hydrogen-bond acceptors (Lipinski definition) is 5. The van der Waals surface area contributed by atoms with Gasteiger partial charge in [0.05, 0.1) is 23.9 Å². The number of ether oxygens (including phenoxy) is 1. The molecule has 2 atom stereocenters. The van der Waals surface area contributed by atoms with Gasteiger partial charge in [0, 0.05) is 38.3 Å². The lowest BCUT2D eigenvalue weighted by Gasteiger charge is -2.48. The predicted molar refractivity (Wildman–Crippen MR) is 74.1 cm³/mol. The molecule has 3 aliphatic rings. The number of rotatable bonds is 1. The molecule has 2 bridgehead atoms. The quantitative estimate of drug-likeness (QED) is 0.825. The molecule has 2 aromatic rings. The van der Waals surface area contributed by atoms with Gasteiger partial charge in [0.2, 0.25) is 0 Å². The van der Waals surface area contributed by atoms with E-state index in [1.165, 1.54) is 10.8 Å². The van der Waals surface area contributed by atoms with Crippen LogP contribution in [0.5, 0.6) is 5.75 Å². The molecule has 20 heavy (non-hydrogen) atoms. The minimum absolute atomic E-state index is 0.0883. The summed E-state index contributed by atoms with van der Waals surface area (Å²) in [5, 5.41) is 10.2. The number of anilines is 1. The standard InChI is InChI=1S/C14H15N3O3/c1-16-13(19)5-15-11-2-8(3-12(18)14(11)16)17-6-9-4-10(7-17)20-9/h2-3,5,9-10,18H,4,6-7H2,1H3. The highest BCUT2D eigenvalue weighted by molar-refractivity contribution is 5.85. The Morgan fingerprint density at radius 3 is 2.75 bits per heavy atom. The second-order valence-corrected chi connectivity index (χ2v) is 5.51. The van der Waals surface area contributed by atoms with E-state index in [2.05, 4.69) is 9.88 Å². The molecule has 0 radical (unpaired) electrons. The van der Waals surface area contributed by atoms with Crippen molar-refractivity contribution in [2.75, 3.05) is 18.0 Å². The number of fused-ring (bicyclic) bond motifs is 3. The molecule has 0 saturated carbocycles. The van der Waals surface area contributed by atoms with Crippen LogP contribution in [0.4, 0.5) is 5.69 Å². The van der Waals surface area contributed by atoms with E-state index < -0.39 is 0 Å². The van der Waals surface area contributed by atoms with Gasteiger partial charge in [-0.3, -0.25) is 4.79 Å². The monoisotopic (exact) mass is 273 g/mol. The lowest BCUT2D eigenvalue weighted by molar-refractivity contribution is -0.133. The van der Waals surface area contributed by atoms with Crippen molar-refractivity contribution >= 4 is 16.7 Å². The molecule has 3 saturated heterocycles. The van der Waals surface area contributed by atoms with E-state index in [1.54, 1.807) is 13.1 Å². The van der Waals surface area contributed by atoms with Crippen molar-refractivity contribution in [1.29, 1.82) is 0 Å². The highest BCUT2D eigenvalue weighted by Gasteiger charge is 2.38. The van der Waals surface area contributed by atoms with Crippen LogP contribution in [0, 0.1) is 0 Å². The Balaban J connectivity index is 1.82. The third-order valence-corrected chi connectivity index (χ3v) is 4.16. The summed E-state index contributed by atoms with van der Waals surface area (Å²) in [6, 6.07) is 3.62. The smallest absolute Gasteiger partial charge is 0.269 e. The summed E-state index contributed by atoms with van der Waals surface area (Å²) >= 11 is 0. The molecule has 6 heteroatoms. The lowest BCUT2D eigenvalue weighted by Crippen LogP contribution is -2.57. The summed E-state index contributed by atoms with van der Waals surface area (Å²) in [5.74, 6) is 0.0883. The molecule has 2 unspecified atom stereocenters. The first-order valence-corrected chi connectivity index (χ1v) is 6.71. The van der Waals surface area contributed by atoms with Gasteiger partial charge in [-0.15, -0.1) is 0 Å². The first kappa shape index (κ1) is 11.7. The van der Waals surface area contributed by atoms with E-state index in [-0.39, 0.29) is 11.3 Å². The van der Waals surface area contributed by atoms with Crippen LogP contribution in [0.15, 0.2) is 23.1 Å². The SMILES string of the molecule is Cn1c(=O)cnc2cc(N3CC4CC(C3)O4)cc(O)c21. The van der Waals surface area contributed by atoms with Gasteiger partial charge in [0.15, 0.2) is 0 Å². The van der Waals surface area contributed by atoms with Crippen molar-refractivity contribution < 1.29 is 9.84 Å². The maximum Gasteiger partial charge on any atom is 0.269 e. The minimum Gasteiger partial charge on any atom is -0.506 e. The second-order valence-electron chi connectivity index (χ2n) is 5.51. The maximum absolute atomic E-state index is 11.6. The van der Waals surface area contributed by atoms with E-state index in [0.717, 1.165) is 25.2 Å². The number of phenols is 1. The lowest BCUT2D eigenvalue weighted by atomic mass is 9.98. The van der Waals surface area contributed by atoms with Gasteiger partial charge in [0.1, 0.15) is 11.3 Å². The molecule has 0 spiro atoms. The van der Waals surface area contributed by atoms with Crippen LogP contribution in [0.1, 0.15) is 6.42 Å². The number of piperidine rings is 1. The van der Waals surface area contributed by atoms with Gasteiger partial charge < -0.3 is 19.3 Å². The van der Waals surface area contributed by atoms with Crippen LogP contribution < -0.4 is 10.5 Å². The average Bonchev–Trinajstić information content (AvgIpc) is 2.42. The zero-order valence-electron chi connectivity index (χ0n) is 11.1. The second kappa shape index (κ2) is 3.96. The van der Waals surface area contributed by atoms with Crippen LogP contribution in [0.3, 0.4) is 0 Å². The number of aryl methyl sites for hydroxylation is 1. The highest BCUT2D eigenvalue weighted by atomic mass is 16.5. The van der Waals surface area contributed by atoms with Crippen LogP contribution in [0.25, 0.3) is 11.0 Å². The third kappa shape index (κ3) is 1.61. The van der Waals surface area contributed by atoms with E-state index in [4.69, 9.17) is 4.74 Å². The molecule has 1 aromatic carbocycles. The van der Waals surface area contributed by atoms with E-state index in [0.29, 0.717) is 23.2 Å². The van der Waals surface area contributed by atoms with E-state index in [1.807, 2.05) is 6.07 Å². The summed E-state index contributed by atoms with van der Waals surface area (Å²) in [4.78, 5) is 17.9. The molecule has 0 amide bonds. The van der Waals surface area contributed by atoms with Crippen molar-refractivity contribution in [3.8, 4) is 5.75 Å². The van der Waals surface area contributed by atoms with Crippen molar-refractivity contribution in [3.63, 3.8) is 0 Å². The fourth-order valence-electron chi connectivity index (χ4n) is 3.10. The number of aromatic hydroxyl groups is 1. The number of phenolic OH excluding ortho intramolecular Hbond substituents is 1. The van der Waals surface area contributed by atoms with Gasteiger partial charge in [-0.1, -0.05) is 0 Å². The van der Waals surface area contributed by atoms with Gasteiger partial charge in [-0.05, 0) is 6.07 Å². The molecular weight excluding hydrogens is 258 g/mol. The largest absolute Gasteiger partial charge is 0.506 e. The van der Waals surface area contributed by atoms with Crippen LogP contribution in [-0.4, -0.2) is 40.0 Å². The highest BCUT2D eigenvalue weighted by Crippen LogP contribution is 2.34. The Bertz CT molecular complexity index is 739. The molecule has 6 nitrogen and oxygen atoms in total. The summed E-state index contributed by atoms with van der Waals surface area (Å²) < 4.78 is 7.03. The van der Waals surface area contributed by atoms with Crippen molar-refractivity contribution in [3.05, 3.63) is 28.7 Å². The Kier molecular flexibility index (Phi) is 2.32. The normalized spacial score (nSPS) is 24.8. The maximum atomic E-state index is 11.6. The molecule has 1 N–H and O–H groups in total. The molecule has 0 aliphatic carbocycles. The minimum atomic E-state index is -0.229. The number of morpholine rings is 1. The van der Waals surface area contributed by atoms with Crippen LogP contribution in [0.2, 0.25) is 0 Å². The zero-order chi connectivity index (χ0) is 13.9. The van der Waals surface area contributed by atoms with Crippen molar-refractivity contribution in [2.45, 2.75) is 18.6 Å². The Morgan fingerprint density at radius 2 is 2.05 bits per heavy atom. The van der Waals surface area contributed by atoms with Gasteiger partial charge in [0.25, 0.3) is 5.56 Å². The van der Waals surface area contributed by atoms with Crippen molar-refractivity contribution in [1.82, 2.24) is 9.55 Å². The fourth-order valence-corrected chi connectivity index (χ4v) is 3.10. The van der Waals surface area contributed by atoms with Crippen molar-refractivity contribution in [2.24, 2.45) is 7.05 Å². The zero-order valence-corrected chi connectivity index (χ0v) is 11.1. The molecule has 3 fully saturated rings. The first-order chi connectivity index (χ1) is 9.61. The predicted octanol–water partition coefficient (Wildman–Crippen LogP) is 0.617. The topological polar surface area (TPSA) is 67.6 Å². The average molecular weight is 273 g/mol. The number of benzene rings is 1. The molecular formula is C14H15N3O3. The molecule has 4 heterocycles. The van der Waals surface area contributed by atoms with E-state index in [9.17, 15) is 9.90 Å². The number of nitrogens with zero attached hydrogens (tertiary/aromatic N) is 3. The summed E-state index contributed by atoms with van der Waals surface area (Å²) in [5.41, 5.74) is 1.80. The van der Waals surface area contributed by atoms with E-state index >= 15 is 0 Å².